The second kappa shape index (κ2) is 7.56. The maximum Gasteiger partial charge on any atom is 0.267 e. The van der Waals surface area contributed by atoms with Crippen molar-refractivity contribution in [2.45, 2.75) is 44.2 Å². The standard InChI is InChI=1S/C20H19FN2O2S2/c1-2-12(24)11-26-20-22-18-17(13-7-3-6-10-16(13)27-18)19(25)23(20)15-9-5-4-8-14(15)21/h4-5,8-9H,2-3,6-7,10-11H2,1H3. The zero-order chi connectivity index (χ0) is 19.0. The summed E-state index contributed by atoms with van der Waals surface area (Å²) in [6.45, 7) is 1.80. The first kappa shape index (κ1) is 18.4. The van der Waals surface area contributed by atoms with Crippen LogP contribution in [-0.4, -0.2) is 21.1 Å². The van der Waals surface area contributed by atoms with Gasteiger partial charge in [0.1, 0.15) is 16.4 Å². The lowest BCUT2D eigenvalue weighted by molar-refractivity contribution is -0.116. The third-order valence-electron chi connectivity index (χ3n) is 4.81. The first-order chi connectivity index (χ1) is 13.1. The van der Waals surface area contributed by atoms with Crippen LogP contribution in [0.25, 0.3) is 15.9 Å². The van der Waals surface area contributed by atoms with Gasteiger partial charge in [0, 0.05) is 11.3 Å². The number of para-hydroxylation sites is 1. The largest absolute Gasteiger partial charge is 0.299 e. The number of aromatic nitrogens is 2. The van der Waals surface area contributed by atoms with E-state index in [2.05, 4.69) is 0 Å². The predicted octanol–water partition coefficient (Wildman–Crippen LogP) is 4.54. The van der Waals surface area contributed by atoms with Crippen molar-refractivity contribution in [2.75, 3.05) is 5.75 Å². The molecule has 0 saturated heterocycles. The molecule has 0 amide bonds. The van der Waals surface area contributed by atoms with E-state index in [1.54, 1.807) is 36.5 Å². The fourth-order valence-corrected chi connectivity index (χ4v) is 5.65. The Balaban J connectivity index is 1.96. The molecule has 4 nitrogen and oxygen atoms in total. The van der Waals surface area contributed by atoms with Crippen LogP contribution in [0, 0.1) is 5.82 Å². The number of halogens is 1. The molecular weight excluding hydrogens is 383 g/mol. The van der Waals surface area contributed by atoms with Crippen LogP contribution in [0.4, 0.5) is 4.39 Å². The summed E-state index contributed by atoms with van der Waals surface area (Å²) in [5, 5.41) is 0.988. The van der Waals surface area contributed by atoms with Gasteiger partial charge in [-0.2, -0.15) is 0 Å². The van der Waals surface area contributed by atoms with E-state index < -0.39 is 5.82 Å². The van der Waals surface area contributed by atoms with Gasteiger partial charge in [-0.05, 0) is 43.4 Å². The molecule has 2 aromatic heterocycles. The summed E-state index contributed by atoms with van der Waals surface area (Å²) < 4.78 is 15.8. The highest BCUT2D eigenvalue weighted by atomic mass is 32.2. The first-order valence-electron chi connectivity index (χ1n) is 9.06. The molecule has 0 N–H and O–H groups in total. The fourth-order valence-electron chi connectivity index (χ4n) is 3.38. The quantitative estimate of drug-likeness (QED) is 0.465. The number of rotatable bonds is 5. The monoisotopic (exact) mass is 402 g/mol. The highest BCUT2D eigenvalue weighted by molar-refractivity contribution is 7.99. The molecule has 0 saturated carbocycles. The van der Waals surface area contributed by atoms with Gasteiger partial charge in [-0.3, -0.25) is 14.2 Å². The van der Waals surface area contributed by atoms with Gasteiger partial charge in [0.25, 0.3) is 5.56 Å². The Morgan fingerprint density at radius 2 is 2.07 bits per heavy atom. The zero-order valence-corrected chi connectivity index (χ0v) is 16.6. The molecule has 0 unspecified atom stereocenters. The van der Waals surface area contributed by atoms with Crippen molar-refractivity contribution in [3.05, 3.63) is 50.9 Å². The average Bonchev–Trinajstić information content (AvgIpc) is 3.05. The molecule has 140 valence electrons. The van der Waals surface area contributed by atoms with E-state index in [1.807, 2.05) is 0 Å². The summed E-state index contributed by atoms with van der Waals surface area (Å²) in [6.07, 6.45) is 4.43. The lowest BCUT2D eigenvalue weighted by Crippen LogP contribution is -2.23. The number of thioether (sulfide) groups is 1. The summed E-state index contributed by atoms with van der Waals surface area (Å²) in [7, 11) is 0. The summed E-state index contributed by atoms with van der Waals surface area (Å²) in [6, 6.07) is 6.20. The minimum Gasteiger partial charge on any atom is -0.299 e. The number of carbonyl (C=O) groups excluding carboxylic acids is 1. The maximum atomic E-state index is 14.5. The molecule has 7 heteroatoms. The molecule has 0 atom stereocenters. The van der Waals surface area contributed by atoms with Crippen LogP contribution in [0.2, 0.25) is 0 Å². The molecular formula is C20H19FN2O2S2. The number of thiophene rings is 1. The van der Waals surface area contributed by atoms with Gasteiger partial charge >= 0.3 is 0 Å². The maximum absolute atomic E-state index is 14.5. The number of carbonyl (C=O) groups is 1. The number of fused-ring (bicyclic) bond motifs is 3. The second-order valence-corrected chi connectivity index (χ2v) is 8.58. The molecule has 0 spiro atoms. The lowest BCUT2D eigenvalue weighted by Gasteiger charge is -2.14. The van der Waals surface area contributed by atoms with Crippen LogP contribution >= 0.6 is 23.1 Å². The Hall–Kier alpha value is -1.99. The summed E-state index contributed by atoms with van der Waals surface area (Å²) >= 11 is 2.76. The van der Waals surface area contributed by atoms with Gasteiger partial charge in [0.05, 0.1) is 16.8 Å². The van der Waals surface area contributed by atoms with Gasteiger partial charge in [-0.1, -0.05) is 30.8 Å². The Labute approximate surface area is 164 Å². The van der Waals surface area contributed by atoms with Crippen molar-refractivity contribution >= 4 is 39.1 Å². The smallest absolute Gasteiger partial charge is 0.267 e. The Morgan fingerprint density at radius 1 is 1.30 bits per heavy atom. The number of ketones is 1. The first-order valence-corrected chi connectivity index (χ1v) is 10.9. The van der Waals surface area contributed by atoms with Crippen molar-refractivity contribution in [1.29, 1.82) is 0 Å². The van der Waals surface area contributed by atoms with Crippen molar-refractivity contribution in [2.24, 2.45) is 0 Å². The number of benzene rings is 1. The number of hydrogen-bond donors (Lipinski definition) is 0. The van der Waals surface area contributed by atoms with Crippen LogP contribution in [0.3, 0.4) is 0 Å². The van der Waals surface area contributed by atoms with Crippen molar-refractivity contribution < 1.29 is 9.18 Å². The molecule has 2 heterocycles. The van der Waals surface area contributed by atoms with E-state index in [4.69, 9.17) is 4.98 Å². The van der Waals surface area contributed by atoms with Gasteiger partial charge in [-0.25, -0.2) is 9.37 Å². The molecule has 3 aromatic rings. The predicted molar refractivity (Wildman–Crippen MR) is 108 cm³/mol. The second-order valence-electron chi connectivity index (χ2n) is 6.56. The molecule has 1 aliphatic rings. The minimum absolute atomic E-state index is 0.0694. The Morgan fingerprint density at radius 3 is 2.85 bits per heavy atom. The van der Waals surface area contributed by atoms with Gasteiger partial charge in [0.15, 0.2) is 5.16 Å². The molecule has 4 rings (SSSR count). The molecule has 1 aromatic carbocycles. The number of hydrogen-bond acceptors (Lipinski definition) is 5. The summed E-state index contributed by atoms with van der Waals surface area (Å²) in [5.41, 5.74) is 1.01. The highest BCUT2D eigenvalue weighted by Crippen LogP contribution is 2.35. The molecule has 1 aliphatic carbocycles. The van der Waals surface area contributed by atoms with E-state index >= 15 is 0 Å². The van der Waals surface area contributed by atoms with Gasteiger partial charge in [0.2, 0.25) is 0 Å². The van der Waals surface area contributed by atoms with Crippen LogP contribution in [0.1, 0.15) is 36.6 Å². The Bertz CT molecular complexity index is 1090. The van der Waals surface area contributed by atoms with Crippen molar-refractivity contribution in [3.63, 3.8) is 0 Å². The molecule has 0 bridgehead atoms. The normalized spacial score (nSPS) is 13.7. The highest BCUT2D eigenvalue weighted by Gasteiger charge is 2.24. The number of aryl methyl sites for hydroxylation is 2. The molecule has 0 fully saturated rings. The van der Waals surface area contributed by atoms with Crippen LogP contribution in [0.15, 0.2) is 34.2 Å². The van der Waals surface area contributed by atoms with Crippen LogP contribution in [0.5, 0.6) is 0 Å². The molecule has 27 heavy (non-hydrogen) atoms. The van der Waals surface area contributed by atoms with Crippen molar-refractivity contribution in [3.8, 4) is 5.69 Å². The van der Waals surface area contributed by atoms with E-state index in [1.165, 1.54) is 27.3 Å². The zero-order valence-electron chi connectivity index (χ0n) is 15.0. The minimum atomic E-state index is -0.478. The molecule has 0 radical (unpaired) electrons. The van der Waals surface area contributed by atoms with Crippen molar-refractivity contribution in [1.82, 2.24) is 9.55 Å². The third kappa shape index (κ3) is 3.34. The Kier molecular flexibility index (Phi) is 5.14. The fraction of sp³-hybridized carbons (Fsp3) is 0.350. The van der Waals surface area contributed by atoms with Crippen LogP contribution in [-0.2, 0) is 17.6 Å². The van der Waals surface area contributed by atoms with E-state index in [-0.39, 0.29) is 22.8 Å². The van der Waals surface area contributed by atoms with Crippen LogP contribution < -0.4 is 5.56 Å². The summed E-state index contributed by atoms with van der Waals surface area (Å²) in [4.78, 5) is 31.8. The number of nitrogens with zero attached hydrogens (tertiary/aromatic N) is 2. The van der Waals surface area contributed by atoms with E-state index in [0.29, 0.717) is 21.8 Å². The van der Waals surface area contributed by atoms with E-state index in [9.17, 15) is 14.0 Å². The van der Waals surface area contributed by atoms with Gasteiger partial charge < -0.3 is 0 Å². The SMILES string of the molecule is CCC(=O)CSc1nc2sc3c(c2c(=O)n1-c1ccccc1F)CCCC3. The average molecular weight is 403 g/mol. The lowest BCUT2D eigenvalue weighted by atomic mass is 9.97. The van der Waals surface area contributed by atoms with Gasteiger partial charge in [-0.15, -0.1) is 11.3 Å². The van der Waals surface area contributed by atoms with E-state index in [0.717, 1.165) is 31.2 Å². The molecule has 0 aliphatic heterocycles. The topological polar surface area (TPSA) is 52.0 Å². The summed E-state index contributed by atoms with van der Waals surface area (Å²) in [5.74, 6) is -0.193. The third-order valence-corrected chi connectivity index (χ3v) is 6.99. The number of Topliss-reactive ketones (excluding diaryl/α,β-unsaturated/α-hetero) is 1.